The van der Waals surface area contributed by atoms with Crippen molar-refractivity contribution in [2.24, 2.45) is 0 Å². The van der Waals surface area contributed by atoms with Crippen molar-refractivity contribution in [1.29, 1.82) is 0 Å². The van der Waals surface area contributed by atoms with Gasteiger partial charge in [0, 0.05) is 40.8 Å². The van der Waals surface area contributed by atoms with Crippen LogP contribution in [0.1, 0.15) is 37.0 Å². The summed E-state index contributed by atoms with van der Waals surface area (Å²) in [5.41, 5.74) is 0.567. The Morgan fingerprint density at radius 2 is 1.90 bits per heavy atom. The first-order valence-corrected chi connectivity index (χ1v) is 7.81. The van der Waals surface area contributed by atoms with Crippen LogP contribution in [0.25, 0.3) is 0 Å². The molecule has 20 heavy (non-hydrogen) atoms. The fourth-order valence-electron chi connectivity index (χ4n) is 2.59. The van der Waals surface area contributed by atoms with Gasteiger partial charge in [0.1, 0.15) is 0 Å². The lowest BCUT2D eigenvalue weighted by Gasteiger charge is -2.40. The minimum Gasteiger partial charge on any atom is -0.333 e. The van der Waals surface area contributed by atoms with Crippen LogP contribution < -0.4 is 5.32 Å². The molecule has 1 aromatic carbocycles. The topological polar surface area (TPSA) is 32.3 Å². The van der Waals surface area contributed by atoms with Gasteiger partial charge < -0.3 is 10.2 Å². The molecule has 1 heterocycles. The fourth-order valence-corrected chi connectivity index (χ4v) is 3.12. The molecule has 1 amide bonds. The van der Waals surface area contributed by atoms with Crippen molar-refractivity contribution in [1.82, 2.24) is 10.2 Å². The molecule has 0 aromatic heterocycles. The van der Waals surface area contributed by atoms with Crippen molar-refractivity contribution < 1.29 is 4.79 Å². The maximum absolute atomic E-state index is 12.7. The second-order valence-corrected chi connectivity index (χ2v) is 6.06. The molecular weight excluding hydrogens is 295 g/mol. The molecule has 0 bridgehead atoms. The van der Waals surface area contributed by atoms with E-state index >= 15 is 0 Å². The Hall–Kier alpha value is -0.770. The predicted octanol–water partition coefficient (Wildman–Crippen LogP) is 3.60. The molecule has 2 atom stereocenters. The minimum absolute atomic E-state index is 0.0150. The largest absolute Gasteiger partial charge is 0.333 e. The highest BCUT2D eigenvalue weighted by Crippen LogP contribution is 2.22. The molecule has 3 nitrogen and oxygen atoms in total. The van der Waals surface area contributed by atoms with Crippen molar-refractivity contribution in [2.75, 3.05) is 13.1 Å². The molecule has 1 aromatic rings. The number of rotatable bonds is 3. The first-order valence-electron chi connectivity index (χ1n) is 7.05. The zero-order valence-electron chi connectivity index (χ0n) is 11.8. The number of amides is 1. The second-order valence-electron chi connectivity index (χ2n) is 5.19. The van der Waals surface area contributed by atoms with Crippen LogP contribution in [-0.4, -0.2) is 36.0 Å². The standard InChI is InChI=1S/C15H20Cl2N2O/c1-3-13-9-19(14(4-2)8-18-13)15(20)10-5-11(16)7-12(17)6-10/h5-7,13-14,18H,3-4,8-9H2,1-2H3. The predicted molar refractivity (Wildman–Crippen MR) is 83.7 cm³/mol. The molecule has 5 heteroatoms. The van der Waals surface area contributed by atoms with Crippen LogP contribution in [0.15, 0.2) is 18.2 Å². The SMILES string of the molecule is CCC1CN(C(=O)c2cc(Cl)cc(Cl)c2)C(CC)CN1. The van der Waals surface area contributed by atoms with Crippen LogP contribution in [0, 0.1) is 0 Å². The molecule has 0 spiro atoms. The van der Waals surface area contributed by atoms with E-state index < -0.39 is 0 Å². The highest BCUT2D eigenvalue weighted by atomic mass is 35.5. The molecule has 2 unspecified atom stereocenters. The summed E-state index contributed by atoms with van der Waals surface area (Å²) in [5.74, 6) is 0.0150. The molecule has 1 N–H and O–H groups in total. The van der Waals surface area contributed by atoms with E-state index in [1.54, 1.807) is 18.2 Å². The van der Waals surface area contributed by atoms with E-state index in [0.717, 1.165) is 25.9 Å². The van der Waals surface area contributed by atoms with Crippen LogP contribution in [-0.2, 0) is 0 Å². The van der Waals surface area contributed by atoms with Crippen molar-refractivity contribution in [3.8, 4) is 0 Å². The quantitative estimate of drug-likeness (QED) is 0.924. The zero-order chi connectivity index (χ0) is 14.7. The number of nitrogens with zero attached hydrogens (tertiary/aromatic N) is 1. The first-order chi connectivity index (χ1) is 9.55. The van der Waals surface area contributed by atoms with Crippen LogP contribution >= 0.6 is 23.2 Å². The summed E-state index contributed by atoms with van der Waals surface area (Å²) >= 11 is 12.0. The molecule has 1 saturated heterocycles. The summed E-state index contributed by atoms with van der Waals surface area (Å²) in [6.07, 6.45) is 1.94. The number of hydrogen-bond acceptors (Lipinski definition) is 2. The van der Waals surface area contributed by atoms with Crippen LogP contribution in [0.5, 0.6) is 0 Å². The van der Waals surface area contributed by atoms with Crippen LogP contribution in [0.3, 0.4) is 0 Å². The molecule has 1 fully saturated rings. The van der Waals surface area contributed by atoms with Gasteiger partial charge in [0.05, 0.1) is 0 Å². The van der Waals surface area contributed by atoms with E-state index in [1.165, 1.54) is 0 Å². The van der Waals surface area contributed by atoms with Gasteiger partial charge in [-0.2, -0.15) is 0 Å². The third-order valence-corrected chi connectivity index (χ3v) is 4.27. The summed E-state index contributed by atoms with van der Waals surface area (Å²) in [6, 6.07) is 5.60. The van der Waals surface area contributed by atoms with E-state index in [-0.39, 0.29) is 11.9 Å². The number of piperazine rings is 1. The van der Waals surface area contributed by atoms with E-state index in [1.807, 2.05) is 4.90 Å². The lowest BCUT2D eigenvalue weighted by Crippen LogP contribution is -2.57. The Morgan fingerprint density at radius 3 is 2.45 bits per heavy atom. The fraction of sp³-hybridized carbons (Fsp3) is 0.533. The van der Waals surface area contributed by atoms with Gasteiger partial charge in [0.25, 0.3) is 5.91 Å². The molecule has 1 aliphatic rings. The lowest BCUT2D eigenvalue weighted by atomic mass is 10.0. The summed E-state index contributed by atoms with van der Waals surface area (Å²) in [4.78, 5) is 14.7. The third kappa shape index (κ3) is 3.46. The maximum atomic E-state index is 12.7. The van der Waals surface area contributed by atoms with Gasteiger partial charge in [-0.15, -0.1) is 0 Å². The van der Waals surface area contributed by atoms with Gasteiger partial charge >= 0.3 is 0 Å². The molecule has 0 radical (unpaired) electrons. The number of hydrogen-bond donors (Lipinski definition) is 1. The van der Waals surface area contributed by atoms with E-state index in [9.17, 15) is 4.79 Å². The molecule has 1 aliphatic heterocycles. The second kappa shape index (κ2) is 6.79. The number of carbonyl (C=O) groups is 1. The summed E-state index contributed by atoms with van der Waals surface area (Å²) in [5, 5.41) is 4.48. The Bertz CT molecular complexity index is 473. The van der Waals surface area contributed by atoms with Gasteiger partial charge in [-0.05, 0) is 31.0 Å². The average Bonchev–Trinajstić information content (AvgIpc) is 2.44. The Balaban J connectivity index is 2.24. The van der Waals surface area contributed by atoms with Gasteiger partial charge in [-0.25, -0.2) is 0 Å². The number of benzene rings is 1. The van der Waals surface area contributed by atoms with E-state index in [4.69, 9.17) is 23.2 Å². The third-order valence-electron chi connectivity index (χ3n) is 3.83. The highest BCUT2D eigenvalue weighted by Gasteiger charge is 2.30. The molecule has 0 aliphatic carbocycles. The Kier molecular flexibility index (Phi) is 5.30. The summed E-state index contributed by atoms with van der Waals surface area (Å²) < 4.78 is 0. The number of halogens is 2. The minimum atomic E-state index is 0.0150. The van der Waals surface area contributed by atoms with E-state index in [2.05, 4.69) is 19.2 Å². The van der Waals surface area contributed by atoms with Gasteiger partial charge in [0.15, 0.2) is 0 Å². The average molecular weight is 315 g/mol. The van der Waals surface area contributed by atoms with Gasteiger partial charge in [-0.1, -0.05) is 37.0 Å². The van der Waals surface area contributed by atoms with Crippen molar-refractivity contribution in [2.45, 2.75) is 38.8 Å². The van der Waals surface area contributed by atoms with Crippen LogP contribution in [0.2, 0.25) is 10.0 Å². The van der Waals surface area contributed by atoms with Crippen molar-refractivity contribution in [3.63, 3.8) is 0 Å². The maximum Gasteiger partial charge on any atom is 0.254 e. The van der Waals surface area contributed by atoms with Crippen molar-refractivity contribution >= 4 is 29.1 Å². The Morgan fingerprint density at radius 1 is 1.25 bits per heavy atom. The smallest absolute Gasteiger partial charge is 0.254 e. The lowest BCUT2D eigenvalue weighted by molar-refractivity contribution is 0.0576. The zero-order valence-corrected chi connectivity index (χ0v) is 13.3. The normalized spacial score (nSPS) is 22.9. The van der Waals surface area contributed by atoms with E-state index in [0.29, 0.717) is 21.7 Å². The summed E-state index contributed by atoms with van der Waals surface area (Å²) in [7, 11) is 0. The molecular formula is C15H20Cl2N2O. The number of carbonyl (C=O) groups excluding carboxylic acids is 1. The molecule has 0 saturated carbocycles. The van der Waals surface area contributed by atoms with Crippen LogP contribution in [0.4, 0.5) is 0 Å². The van der Waals surface area contributed by atoms with Gasteiger partial charge in [0.2, 0.25) is 0 Å². The Labute approximate surface area is 130 Å². The highest BCUT2D eigenvalue weighted by molar-refractivity contribution is 6.35. The summed E-state index contributed by atoms with van der Waals surface area (Å²) in [6.45, 7) is 5.81. The van der Waals surface area contributed by atoms with Crippen molar-refractivity contribution in [3.05, 3.63) is 33.8 Å². The molecule has 2 rings (SSSR count). The number of nitrogens with one attached hydrogen (secondary N) is 1. The van der Waals surface area contributed by atoms with Gasteiger partial charge in [-0.3, -0.25) is 4.79 Å². The monoisotopic (exact) mass is 314 g/mol. The molecule has 110 valence electrons. The first kappa shape index (κ1) is 15.6.